The minimum atomic E-state index is -0.502. The van der Waals surface area contributed by atoms with E-state index in [1.165, 1.54) is 40.8 Å². The van der Waals surface area contributed by atoms with Gasteiger partial charge in [-0.15, -0.1) is 0 Å². The molecule has 3 aromatic rings. The second-order valence-corrected chi connectivity index (χ2v) is 6.82. The maximum absolute atomic E-state index is 13.2. The molecule has 0 N–H and O–H groups in total. The summed E-state index contributed by atoms with van der Waals surface area (Å²) in [7, 11) is 1.50. The van der Waals surface area contributed by atoms with E-state index >= 15 is 0 Å². The normalized spacial score (nSPS) is 10.8. The number of hydrogen-bond donors (Lipinski definition) is 0. The fourth-order valence-electron chi connectivity index (χ4n) is 2.56. The number of pyridine rings is 1. The standard InChI is InChI=1S/C18H15F2N3O2S/c1-11-17(12-3-5-13(19)6-4-12)23(18(25)26-11)10-16(24)22(2)15-8-7-14(20)9-21-15/h3-9H,10H2,1-2H3. The lowest BCUT2D eigenvalue weighted by Gasteiger charge is -2.17. The number of benzene rings is 1. The molecule has 0 saturated carbocycles. The van der Waals surface area contributed by atoms with Crippen LogP contribution in [0.4, 0.5) is 14.6 Å². The van der Waals surface area contributed by atoms with Gasteiger partial charge >= 0.3 is 4.87 Å². The molecule has 0 fully saturated rings. The first-order chi connectivity index (χ1) is 12.4. The van der Waals surface area contributed by atoms with Gasteiger partial charge in [-0.25, -0.2) is 13.8 Å². The number of carbonyl (C=O) groups excluding carboxylic acids is 1. The zero-order valence-electron chi connectivity index (χ0n) is 14.1. The number of likely N-dealkylation sites (N-methyl/N-ethyl adjacent to an activating group) is 1. The van der Waals surface area contributed by atoms with Gasteiger partial charge in [0, 0.05) is 11.9 Å². The van der Waals surface area contributed by atoms with Crippen molar-refractivity contribution in [1.82, 2.24) is 9.55 Å². The Hall–Kier alpha value is -2.87. The van der Waals surface area contributed by atoms with E-state index < -0.39 is 5.82 Å². The van der Waals surface area contributed by atoms with E-state index in [9.17, 15) is 18.4 Å². The van der Waals surface area contributed by atoms with Gasteiger partial charge < -0.3 is 0 Å². The Balaban J connectivity index is 1.92. The van der Waals surface area contributed by atoms with Crippen LogP contribution in [0.25, 0.3) is 11.3 Å². The van der Waals surface area contributed by atoms with Crippen molar-refractivity contribution >= 4 is 23.1 Å². The van der Waals surface area contributed by atoms with E-state index in [-0.39, 0.29) is 29.0 Å². The number of thiazole rings is 1. The Morgan fingerprint density at radius 2 is 1.81 bits per heavy atom. The Labute approximate surface area is 152 Å². The largest absolute Gasteiger partial charge is 0.308 e. The summed E-state index contributed by atoms with van der Waals surface area (Å²) < 4.78 is 27.5. The van der Waals surface area contributed by atoms with Crippen LogP contribution in [0.1, 0.15) is 4.88 Å². The Morgan fingerprint density at radius 3 is 2.42 bits per heavy atom. The van der Waals surface area contributed by atoms with Gasteiger partial charge in [-0.2, -0.15) is 0 Å². The highest BCUT2D eigenvalue weighted by molar-refractivity contribution is 7.09. The van der Waals surface area contributed by atoms with Gasteiger partial charge in [0.15, 0.2) is 0 Å². The van der Waals surface area contributed by atoms with E-state index in [0.29, 0.717) is 11.3 Å². The van der Waals surface area contributed by atoms with Crippen molar-refractivity contribution in [3.63, 3.8) is 0 Å². The highest BCUT2D eigenvalue weighted by atomic mass is 32.1. The maximum Gasteiger partial charge on any atom is 0.308 e. The second-order valence-electron chi connectivity index (χ2n) is 5.65. The third-order valence-corrected chi connectivity index (χ3v) is 4.80. The first kappa shape index (κ1) is 17.9. The SMILES string of the molecule is Cc1sc(=O)n(CC(=O)N(C)c2ccc(F)cn2)c1-c1ccc(F)cc1. The number of aryl methyl sites for hydroxylation is 1. The molecule has 0 aliphatic carbocycles. The molecule has 0 spiro atoms. The van der Waals surface area contributed by atoms with Crippen molar-refractivity contribution in [2.45, 2.75) is 13.5 Å². The zero-order valence-corrected chi connectivity index (χ0v) is 14.9. The van der Waals surface area contributed by atoms with E-state index in [4.69, 9.17) is 0 Å². The van der Waals surface area contributed by atoms with Gasteiger partial charge in [-0.1, -0.05) is 11.3 Å². The predicted molar refractivity (Wildman–Crippen MR) is 96.3 cm³/mol. The molecule has 0 saturated heterocycles. The number of rotatable bonds is 4. The smallest absolute Gasteiger partial charge is 0.298 e. The molecule has 0 aliphatic rings. The Bertz CT molecular complexity index is 995. The van der Waals surface area contributed by atoms with Gasteiger partial charge in [0.25, 0.3) is 0 Å². The third kappa shape index (κ3) is 3.55. The van der Waals surface area contributed by atoms with Crippen LogP contribution in [-0.2, 0) is 11.3 Å². The molecule has 2 aromatic heterocycles. The quantitative estimate of drug-likeness (QED) is 0.704. The van der Waals surface area contributed by atoms with Crippen LogP contribution in [0.2, 0.25) is 0 Å². The molecule has 8 heteroatoms. The summed E-state index contributed by atoms with van der Waals surface area (Å²) in [5.74, 6) is -0.987. The lowest BCUT2D eigenvalue weighted by atomic mass is 10.1. The average Bonchev–Trinajstić information content (AvgIpc) is 2.89. The maximum atomic E-state index is 13.2. The average molecular weight is 375 g/mol. The van der Waals surface area contributed by atoms with Crippen LogP contribution in [0.15, 0.2) is 47.4 Å². The molecule has 0 radical (unpaired) electrons. The number of hydrogen-bond acceptors (Lipinski definition) is 4. The number of anilines is 1. The summed E-state index contributed by atoms with van der Waals surface area (Å²) in [6.07, 6.45) is 1.02. The van der Waals surface area contributed by atoms with Crippen LogP contribution < -0.4 is 9.77 Å². The van der Waals surface area contributed by atoms with E-state index in [1.54, 1.807) is 19.1 Å². The number of aromatic nitrogens is 2. The molecular formula is C18H15F2N3O2S. The van der Waals surface area contributed by atoms with Crippen LogP contribution in [0.3, 0.4) is 0 Å². The summed E-state index contributed by atoms with van der Waals surface area (Å²) in [5.41, 5.74) is 1.23. The van der Waals surface area contributed by atoms with Crippen molar-refractivity contribution in [1.29, 1.82) is 0 Å². The predicted octanol–water partition coefficient (Wildman–Crippen LogP) is 3.22. The van der Waals surface area contributed by atoms with Crippen LogP contribution >= 0.6 is 11.3 Å². The van der Waals surface area contributed by atoms with Gasteiger partial charge in [0.2, 0.25) is 5.91 Å². The van der Waals surface area contributed by atoms with Crippen LogP contribution in [0, 0.1) is 18.6 Å². The number of halogens is 2. The lowest BCUT2D eigenvalue weighted by molar-refractivity contribution is -0.118. The molecular weight excluding hydrogens is 360 g/mol. The monoisotopic (exact) mass is 375 g/mol. The highest BCUT2D eigenvalue weighted by Crippen LogP contribution is 2.25. The Kier molecular flexibility index (Phi) is 4.94. The minimum Gasteiger partial charge on any atom is -0.298 e. The molecule has 2 heterocycles. The summed E-state index contributed by atoms with van der Waals surface area (Å²) in [4.78, 5) is 30.5. The second kappa shape index (κ2) is 7.17. The van der Waals surface area contributed by atoms with Crippen molar-refractivity contribution in [2.24, 2.45) is 0 Å². The molecule has 0 bridgehead atoms. The zero-order chi connectivity index (χ0) is 18.8. The fourth-order valence-corrected chi connectivity index (χ4v) is 3.41. The van der Waals surface area contributed by atoms with Crippen molar-refractivity contribution in [3.05, 3.63) is 68.8 Å². The molecule has 0 aliphatic heterocycles. The molecule has 5 nitrogen and oxygen atoms in total. The molecule has 0 atom stereocenters. The van der Waals surface area contributed by atoms with Crippen LogP contribution in [0.5, 0.6) is 0 Å². The molecule has 1 aromatic carbocycles. The van der Waals surface area contributed by atoms with Gasteiger partial charge in [0.1, 0.15) is 24.0 Å². The summed E-state index contributed by atoms with van der Waals surface area (Å²) in [6, 6.07) is 8.33. The molecule has 26 heavy (non-hydrogen) atoms. The molecule has 3 rings (SSSR count). The lowest BCUT2D eigenvalue weighted by Crippen LogP contribution is -2.33. The van der Waals surface area contributed by atoms with E-state index in [0.717, 1.165) is 22.4 Å². The van der Waals surface area contributed by atoms with E-state index in [2.05, 4.69) is 4.98 Å². The number of amides is 1. The number of carbonyl (C=O) groups is 1. The molecule has 0 unspecified atom stereocenters. The van der Waals surface area contributed by atoms with Gasteiger partial charge in [-0.3, -0.25) is 19.1 Å². The summed E-state index contributed by atoms with van der Waals surface area (Å²) in [6.45, 7) is 1.57. The summed E-state index contributed by atoms with van der Waals surface area (Å²) >= 11 is 1.02. The minimum absolute atomic E-state index is 0.203. The fraction of sp³-hybridized carbons (Fsp3) is 0.167. The van der Waals surface area contributed by atoms with E-state index in [1.807, 2.05) is 0 Å². The van der Waals surface area contributed by atoms with Crippen molar-refractivity contribution < 1.29 is 13.6 Å². The first-order valence-electron chi connectivity index (χ1n) is 7.71. The van der Waals surface area contributed by atoms with Crippen LogP contribution in [-0.4, -0.2) is 22.5 Å². The van der Waals surface area contributed by atoms with Crippen molar-refractivity contribution in [2.75, 3.05) is 11.9 Å². The topological polar surface area (TPSA) is 55.2 Å². The highest BCUT2D eigenvalue weighted by Gasteiger charge is 2.19. The van der Waals surface area contributed by atoms with Gasteiger partial charge in [0.05, 0.1) is 11.9 Å². The first-order valence-corrected chi connectivity index (χ1v) is 8.52. The Morgan fingerprint density at radius 1 is 1.15 bits per heavy atom. The number of nitrogens with zero attached hydrogens (tertiary/aromatic N) is 3. The van der Waals surface area contributed by atoms with Crippen molar-refractivity contribution in [3.8, 4) is 11.3 Å². The summed E-state index contributed by atoms with van der Waals surface area (Å²) in [5, 5.41) is 0. The van der Waals surface area contributed by atoms with Gasteiger partial charge in [-0.05, 0) is 48.9 Å². The third-order valence-electron chi connectivity index (χ3n) is 3.90. The molecule has 134 valence electrons. The molecule has 1 amide bonds.